The molecule has 134 valence electrons. The SMILES string of the molecule is Cc1ccccc1N1CCN(CC(O)COc2ccc(N)cc2)CC1. The van der Waals surface area contributed by atoms with E-state index in [1.54, 1.807) is 12.1 Å². The molecule has 1 unspecified atom stereocenters. The summed E-state index contributed by atoms with van der Waals surface area (Å²) in [7, 11) is 0. The van der Waals surface area contributed by atoms with E-state index in [1.165, 1.54) is 11.3 Å². The highest BCUT2D eigenvalue weighted by Crippen LogP contribution is 2.21. The molecule has 1 aliphatic rings. The second-order valence-corrected chi connectivity index (χ2v) is 6.61. The summed E-state index contributed by atoms with van der Waals surface area (Å²) in [6.45, 7) is 6.95. The van der Waals surface area contributed by atoms with Crippen LogP contribution in [0.5, 0.6) is 5.75 Å². The highest BCUT2D eigenvalue weighted by atomic mass is 16.5. The number of nitrogens with zero attached hydrogens (tertiary/aromatic N) is 2. The first-order valence-electron chi connectivity index (χ1n) is 8.81. The number of nitrogens with two attached hydrogens (primary N) is 1. The molecule has 1 fully saturated rings. The lowest BCUT2D eigenvalue weighted by molar-refractivity contribution is 0.0663. The molecule has 0 aromatic heterocycles. The highest BCUT2D eigenvalue weighted by Gasteiger charge is 2.20. The van der Waals surface area contributed by atoms with Gasteiger partial charge in [0.1, 0.15) is 18.5 Å². The number of hydrogen-bond donors (Lipinski definition) is 2. The van der Waals surface area contributed by atoms with E-state index in [2.05, 4.69) is 41.0 Å². The number of aliphatic hydroxyl groups excluding tert-OH is 1. The number of benzene rings is 2. The number of β-amino-alcohol motifs (C(OH)–C–C–N with tert-alkyl or cyclic N) is 1. The normalized spacial score (nSPS) is 16.6. The van der Waals surface area contributed by atoms with E-state index in [0.717, 1.165) is 31.9 Å². The third-order valence-corrected chi connectivity index (χ3v) is 4.62. The summed E-state index contributed by atoms with van der Waals surface area (Å²) in [4.78, 5) is 4.72. The number of anilines is 2. The van der Waals surface area contributed by atoms with Gasteiger partial charge in [-0.2, -0.15) is 0 Å². The minimum atomic E-state index is -0.498. The zero-order valence-corrected chi connectivity index (χ0v) is 14.8. The van der Waals surface area contributed by atoms with Crippen molar-refractivity contribution in [1.29, 1.82) is 0 Å². The first kappa shape index (κ1) is 17.6. The van der Waals surface area contributed by atoms with Gasteiger partial charge in [-0.15, -0.1) is 0 Å². The standard InChI is InChI=1S/C20H27N3O2/c1-16-4-2-3-5-20(16)23-12-10-22(11-13-23)14-18(24)15-25-19-8-6-17(21)7-9-19/h2-9,18,24H,10-15,21H2,1H3. The van der Waals surface area contributed by atoms with Gasteiger partial charge in [0.2, 0.25) is 0 Å². The Bertz CT molecular complexity index is 667. The van der Waals surface area contributed by atoms with Gasteiger partial charge in [0, 0.05) is 44.1 Å². The molecule has 1 atom stereocenters. The predicted molar refractivity (Wildman–Crippen MR) is 102 cm³/mol. The fourth-order valence-corrected chi connectivity index (χ4v) is 3.20. The van der Waals surface area contributed by atoms with E-state index in [1.807, 2.05) is 12.1 Å². The number of aryl methyl sites for hydroxylation is 1. The van der Waals surface area contributed by atoms with Crippen molar-refractivity contribution in [2.24, 2.45) is 0 Å². The first-order chi connectivity index (χ1) is 12.1. The predicted octanol–water partition coefficient (Wildman–Crippen LogP) is 2.14. The number of para-hydroxylation sites is 1. The second kappa shape index (κ2) is 8.23. The molecule has 0 aliphatic carbocycles. The van der Waals surface area contributed by atoms with Crippen LogP contribution in [0.4, 0.5) is 11.4 Å². The summed E-state index contributed by atoms with van der Waals surface area (Å²) < 4.78 is 5.63. The van der Waals surface area contributed by atoms with Crippen LogP contribution in [0.25, 0.3) is 0 Å². The fraction of sp³-hybridized carbons (Fsp3) is 0.400. The van der Waals surface area contributed by atoms with Crippen LogP contribution in [-0.4, -0.2) is 55.4 Å². The molecule has 25 heavy (non-hydrogen) atoms. The van der Waals surface area contributed by atoms with Crippen LogP contribution in [0.1, 0.15) is 5.56 Å². The zero-order valence-electron chi connectivity index (χ0n) is 14.8. The Kier molecular flexibility index (Phi) is 5.79. The molecule has 1 heterocycles. The van der Waals surface area contributed by atoms with Crippen molar-refractivity contribution in [3.05, 3.63) is 54.1 Å². The number of rotatable bonds is 6. The Hall–Kier alpha value is -2.24. The summed E-state index contributed by atoms with van der Waals surface area (Å²) in [5.74, 6) is 0.734. The van der Waals surface area contributed by atoms with Gasteiger partial charge < -0.3 is 20.5 Å². The minimum absolute atomic E-state index is 0.294. The summed E-state index contributed by atoms with van der Waals surface area (Å²) in [6, 6.07) is 15.7. The van der Waals surface area contributed by atoms with Crippen LogP contribution < -0.4 is 15.4 Å². The van der Waals surface area contributed by atoms with Gasteiger partial charge >= 0.3 is 0 Å². The number of aliphatic hydroxyl groups is 1. The van der Waals surface area contributed by atoms with Gasteiger partial charge in [-0.1, -0.05) is 18.2 Å². The van der Waals surface area contributed by atoms with Gasteiger partial charge in [-0.3, -0.25) is 4.90 Å². The van der Waals surface area contributed by atoms with Crippen molar-refractivity contribution < 1.29 is 9.84 Å². The Morgan fingerprint density at radius 1 is 1.04 bits per heavy atom. The van der Waals surface area contributed by atoms with Gasteiger partial charge in [-0.05, 0) is 42.8 Å². The highest BCUT2D eigenvalue weighted by molar-refractivity contribution is 5.53. The monoisotopic (exact) mass is 341 g/mol. The third kappa shape index (κ3) is 4.87. The van der Waals surface area contributed by atoms with Crippen LogP contribution in [0.15, 0.2) is 48.5 Å². The zero-order chi connectivity index (χ0) is 17.6. The molecular weight excluding hydrogens is 314 g/mol. The molecule has 0 amide bonds. The molecule has 2 aromatic carbocycles. The lowest BCUT2D eigenvalue weighted by Crippen LogP contribution is -2.49. The number of ether oxygens (including phenoxy) is 1. The molecule has 0 bridgehead atoms. The summed E-state index contributed by atoms with van der Waals surface area (Å²) in [6.07, 6.45) is -0.498. The summed E-state index contributed by atoms with van der Waals surface area (Å²) in [5.41, 5.74) is 8.99. The van der Waals surface area contributed by atoms with Crippen molar-refractivity contribution in [3.63, 3.8) is 0 Å². The average molecular weight is 341 g/mol. The van der Waals surface area contributed by atoms with Crippen molar-refractivity contribution in [2.75, 3.05) is 50.0 Å². The van der Waals surface area contributed by atoms with Crippen LogP contribution in [0.3, 0.4) is 0 Å². The summed E-state index contributed by atoms with van der Waals surface area (Å²) >= 11 is 0. The van der Waals surface area contributed by atoms with Crippen LogP contribution >= 0.6 is 0 Å². The molecule has 0 radical (unpaired) electrons. The van der Waals surface area contributed by atoms with Gasteiger partial charge in [0.05, 0.1) is 0 Å². The maximum atomic E-state index is 10.2. The molecule has 2 aromatic rings. The Balaban J connectivity index is 1.42. The molecule has 0 saturated carbocycles. The van der Waals surface area contributed by atoms with Crippen molar-refractivity contribution >= 4 is 11.4 Å². The Labute approximate surface area is 149 Å². The lowest BCUT2D eigenvalue weighted by Gasteiger charge is -2.37. The molecule has 1 saturated heterocycles. The minimum Gasteiger partial charge on any atom is -0.491 e. The number of nitrogen functional groups attached to an aromatic ring is 1. The van der Waals surface area contributed by atoms with Gasteiger partial charge in [-0.25, -0.2) is 0 Å². The van der Waals surface area contributed by atoms with Crippen LogP contribution in [0.2, 0.25) is 0 Å². The van der Waals surface area contributed by atoms with Crippen LogP contribution in [0, 0.1) is 6.92 Å². The molecule has 1 aliphatic heterocycles. The molecule has 3 N–H and O–H groups in total. The topological polar surface area (TPSA) is 62.0 Å². The molecule has 3 rings (SSSR count). The quantitative estimate of drug-likeness (QED) is 0.788. The van der Waals surface area contributed by atoms with E-state index in [0.29, 0.717) is 18.8 Å². The van der Waals surface area contributed by atoms with Crippen molar-refractivity contribution in [3.8, 4) is 5.75 Å². The van der Waals surface area contributed by atoms with Crippen LogP contribution in [-0.2, 0) is 0 Å². The van der Waals surface area contributed by atoms with Gasteiger partial charge in [0.25, 0.3) is 0 Å². The Morgan fingerprint density at radius 3 is 2.40 bits per heavy atom. The van der Waals surface area contributed by atoms with Crippen molar-refractivity contribution in [2.45, 2.75) is 13.0 Å². The van der Waals surface area contributed by atoms with E-state index in [9.17, 15) is 5.11 Å². The number of hydrogen-bond acceptors (Lipinski definition) is 5. The maximum Gasteiger partial charge on any atom is 0.119 e. The van der Waals surface area contributed by atoms with Crippen molar-refractivity contribution in [1.82, 2.24) is 4.90 Å². The Morgan fingerprint density at radius 2 is 1.72 bits per heavy atom. The molecule has 5 nitrogen and oxygen atoms in total. The molecular formula is C20H27N3O2. The van der Waals surface area contributed by atoms with E-state index in [4.69, 9.17) is 10.5 Å². The van der Waals surface area contributed by atoms with E-state index < -0.39 is 6.10 Å². The molecule has 0 spiro atoms. The second-order valence-electron chi connectivity index (χ2n) is 6.61. The number of piperazine rings is 1. The molecule has 5 heteroatoms. The largest absolute Gasteiger partial charge is 0.491 e. The lowest BCUT2D eigenvalue weighted by atomic mass is 10.1. The first-order valence-corrected chi connectivity index (χ1v) is 8.81. The average Bonchev–Trinajstić information content (AvgIpc) is 2.62. The third-order valence-electron chi connectivity index (χ3n) is 4.62. The smallest absolute Gasteiger partial charge is 0.119 e. The van der Waals surface area contributed by atoms with E-state index in [-0.39, 0.29) is 0 Å². The maximum absolute atomic E-state index is 10.2. The van der Waals surface area contributed by atoms with Gasteiger partial charge in [0.15, 0.2) is 0 Å². The fourth-order valence-electron chi connectivity index (χ4n) is 3.20. The van der Waals surface area contributed by atoms with E-state index >= 15 is 0 Å². The summed E-state index contributed by atoms with van der Waals surface area (Å²) in [5, 5.41) is 10.2.